The third-order valence-electron chi connectivity index (χ3n) is 2.33. The zero-order chi connectivity index (χ0) is 13.0. The van der Waals surface area contributed by atoms with Gasteiger partial charge in [0.15, 0.2) is 0 Å². The summed E-state index contributed by atoms with van der Waals surface area (Å²) in [6, 6.07) is 3.27. The maximum Gasteiger partial charge on any atom is 0.251 e. The Bertz CT molecular complexity index is 522. The molecule has 2 aromatic heterocycles. The van der Waals surface area contributed by atoms with Gasteiger partial charge in [0.25, 0.3) is 5.91 Å². The minimum Gasteiger partial charge on any atom is -0.352 e. The molecule has 0 bridgehead atoms. The molecule has 0 aromatic carbocycles. The van der Waals surface area contributed by atoms with Crippen molar-refractivity contribution in [2.45, 2.75) is 13.3 Å². The van der Waals surface area contributed by atoms with Gasteiger partial charge in [-0.1, -0.05) is 11.6 Å². The summed E-state index contributed by atoms with van der Waals surface area (Å²) in [6.07, 6.45) is 0.729. The van der Waals surface area contributed by atoms with Crippen LogP contribution in [-0.4, -0.2) is 22.4 Å². The van der Waals surface area contributed by atoms with Crippen molar-refractivity contribution in [3.8, 4) is 0 Å². The van der Waals surface area contributed by atoms with Crippen LogP contribution in [0.2, 0.25) is 5.15 Å². The molecule has 0 saturated carbocycles. The van der Waals surface area contributed by atoms with E-state index >= 15 is 0 Å². The second kappa shape index (κ2) is 5.93. The molecule has 0 aliphatic heterocycles. The fourth-order valence-corrected chi connectivity index (χ4v) is 2.37. The van der Waals surface area contributed by atoms with Crippen molar-refractivity contribution in [2.75, 3.05) is 6.54 Å². The molecule has 1 N–H and O–H groups in total. The van der Waals surface area contributed by atoms with Gasteiger partial charge in [0.2, 0.25) is 0 Å². The molecule has 0 aliphatic rings. The van der Waals surface area contributed by atoms with Gasteiger partial charge in [-0.3, -0.25) is 4.79 Å². The molecule has 94 valence electrons. The van der Waals surface area contributed by atoms with E-state index in [0.29, 0.717) is 17.3 Å². The van der Waals surface area contributed by atoms with Crippen molar-refractivity contribution in [1.82, 2.24) is 15.3 Å². The first-order valence-electron chi connectivity index (χ1n) is 5.44. The van der Waals surface area contributed by atoms with Crippen LogP contribution in [0.15, 0.2) is 23.0 Å². The highest BCUT2D eigenvalue weighted by Crippen LogP contribution is 2.10. The van der Waals surface area contributed by atoms with Crippen molar-refractivity contribution >= 4 is 28.8 Å². The number of nitrogens with one attached hydrogen (secondary N) is 1. The summed E-state index contributed by atoms with van der Waals surface area (Å²) >= 11 is 7.36. The van der Waals surface area contributed by atoms with Gasteiger partial charge < -0.3 is 5.32 Å². The average molecular weight is 282 g/mol. The molecule has 2 aromatic rings. The molecule has 0 aliphatic carbocycles. The number of hydrogen-bond acceptors (Lipinski definition) is 4. The first kappa shape index (κ1) is 13.0. The second-order valence-corrected chi connectivity index (χ2v) is 4.91. The summed E-state index contributed by atoms with van der Waals surface area (Å²) in [6.45, 7) is 2.36. The van der Waals surface area contributed by atoms with Crippen LogP contribution in [0.3, 0.4) is 0 Å². The Morgan fingerprint density at radius 2 is 2.33 bits per heavy atom. The number of pyridine rings is 1. The van der Waals surface area contributed by atoms with E-state index in [-0.39, 0.29) is 5.91 Å². The molecular formula is C12H12ClN3OS. The maximum atomic E-state index is 11.9. The maximum absolute atomic E-state index is 11.9. The first-order valence-corrected chi connectivity index (χ1v) is 6.76. The lowest BCUT2D eigenvalue weighted by Crippen LogP contribution is -2.25. The van der Waals surface area contributed by atoms with E-state index < -0.39 is 0 Å². The molecule has 6 heteroatoms. The summed E-state index contributed by atoms with van der Waals surface area (Å²) in [7, 11) is 0. The van der Waals surface area contributed by atoms with Crippen LogP contribution in [-0.2, 0) is 6.42 Å². The number of hydrogen-bond donors (Lipinski definition) is 1. The Labute approximate surface area is 114 Å². The van der Waals surface area contributed by atoms with Gasteiger partial charge in [-0.2, -0.15) is 0 Å². The Morgan fingerprint density at radius 1 is 1.50 bits per heavy atom. The molecule has 0 spiro atoms. The third kappa shape index (κ3) is 3.51. The molecule has 2 heterocycles. The Hall–Kier alpha value is -1.46. The zero-order valence-electron chi connectivity index (χ0n) is 9.81. The highest BCUT2D eigenvalue weighted by Gasteiger charge is 2.07. The molecule has 18 heavy (non-hydrogen) atoms. The smallest absolute Gasteiger partial charge is 0.251 e. The third-order valence-corrected chi connectivity index (χ3v) is 3.16. The molecule has 4 nitrogen and oxygen atoms in total. The number of rotatable bonds is 4. The van der Waals surface area contributed by atoms with Gasteiger partial charge in [-0.05, 0) is 19.1 Å². The number of aromatic nitrogens is 2. The number of amides is 1. The first-order chi connectivity index (χ1) is 8.65. The summed E-state index contributed by atoms with van der Waals surface area (Å²) in [5.41, 5.74) is 4.03. The van der Waals surface area contributed by atoms with E-state index in [1.54, 1.807) is 35.9 Å². The predicted molar refractivity (Wildman–Crippen MR) is 72.1 cm³/mol. The summed E-state index contributed by atoms with van der Waals surface area (Å²) in [5.74, 6) is -0.141. The van der Waals surface area contributed by atoms with Crippen molar-refractivity contribution in [2.24, 2.45) is 0 Å². The quantitative estimate of drug-likeness (QED) is 0.876. The predicted octanol–water partition coefficient (Wildman–Crippen LogP) is 2.47. The minimum atomic E-state index is -0.141. The van der Waals surface area contributed by atoms with Gasteiger partial charge in [0, 0.05) is 29.6 Å². The number of carbonyl (C=O) groups is 1. The number of nitrogens with zero attached hydrogens (tertiary/aromatic N) is 2. The van der Waals surface area contributed by atoms with E-state index in [1.165, 1.54) is 0 Å². The molecular weight excluding hydrogens is 270 g/mol. The van der Waals surface area contributed by atoms with Crippen LogP contribution < -0.4 is 5.32 Å². The van der Waals surface area contributed by atoms with Gasteiger partial charge in [0.1, 0.15) is 5.15 Å². The van der Waals surface area contributed by atoms with E-state index in [0.717, 1.165) is 17.8 Å². The van der Waals surface area contributed by atoms with Crippen LogP contribution in [0.25, 0.3) is 0 Å². The molecule has 0 saturated heterocycles. The minimum absolute atomic E-state index is 0.141. The summed E-state index contributed by atoms with van der Waals surface area (Å²) in [4.78, 5) is 20.0. The second-order valence-electron chi connectivity index (χ2n) is 3.81. The number of carbonyl (C=O) groups excluding carboxylic acids is 1. The molecule has 1 amide bonds. The Balaban J connectivity index is 1.91. The van der Waals surface area contributed by atoms with Gasteiger partial charge in [-0.15, -0.1) is 11.3 Å². The summed E-state index contributed by atoms with van der Waals surface area (Å²) in [5, 5.41) is 5.14. The molecule has 0 atom stereocenters. The SMILES string of the molecule is Cc1cc(C(=O)NCCc2cscn2)cc(Cl)n1. The largest absolute Gasteiger partial charge is 0.352 e. The zero-order valence-corrected chi connectivity index (χ0v) is 11.4. The lowest BCUT2D eigenvalue weighted by molar-refractivity contribution is 0.0954. The van der Waals surface area contributed by atoms with Crippen molar-refractivity contribution in [3.05, 3.63) is 45.1 Å². The number of aryl methyl sites for hydroxylation is 1. The fraction of sp³-hybridized carbons (Fsp3) is 0.250. The van der Waals surface area contributed by atoms with E-state index in [2.05, 4.69) is 15.3 Å². The number of halogens is 1. The van der Waals surface area contributed by atoms with Crippen LogP contribution in [0, 0.1) is 6.92 Å². The standard InChI is InChI=1S/C12H12ClN3OS/c1-8-4-9(5-11(13)16-8)12(17)14-3-2-10-6-18-7-15-10/h4-7H,2-3H2,1H3,(H,14,17). The van der Waals surface area contributed by atoms with E-state index in [1.807, 2.05) is 5.38 Å². The van der Waals surface area contributed by atoms with E-state index in [4.69, 9.17) is 11.6 Å². The highest BCUT2D eigenvalue weighted by molar-refractivity contribution is 7.07. The van der Waals surface area contributed by atoms with Crippen LogP contribution in [0.1, 0.15) is 21.7 Å². The van der Waals surface area contributed by atoms with Crippen LogP contribution in [0.4, 0.5) is 0 Å². The van der Waals surface area contributed by atoms with Crippen LogP contribution in [0.5, 0.6) is 0 Å². The van der Waals surface area contributed by atoms with Gasteiger partial charge in [-0.25, -0.2) is 9.97 Å². The van der Waals surface area contributed by atoms with Crippen molar-refractivity contribution in [1.29, 1.82) is 0 Å². The summed E-state index contributed by atoms with van der Waals surface area (Å²) < 4.78 is 0. The van der Waals surface area contributed by atoms with Crippen molar-refractivity contribution in [3.63, 3.8) is 0 Å². The Morgan fingerprint density at radius 3 is 3.00 bits per heavy atom. The monoisotopic (exact) mass is 281 g/mol. The molecule has 2 rings (SSSR count). The average Bonchev–Trinajstić information content (AvgIpc) is 2.80. The molecule has 0 fully saturated rings. The Kier molecular flexibility index (Phi) is 4.28. The van der Waals surface area contributed by atoms with Crippen molar-refractivity contribution < 1.29 is 4.79 Å². The van der Waals surface area contributed by atoms with Gasteiger partial charge in [0.05, 0.1) is 11.2 Å². The van der Waals surface area contributed by atoms with E-state index in [9.17, 15) is 4.79 Å². The topological polar surface area (TPSA) is 54.9 Å². The normalized spacial score (nSPS) is 10.3. The highest BCUT2D eigenvalue weighted by atomic mass is 35.5. The molecule has 0 radical (unpaired) electrons. The fourth-order valence-electron chi connectivity index (χ4n) is 1.53. The van der Waals surface area contributed by atoms with Gasteiger partial charge >= 0.3 is 0 Å². The lowest BCUT2D eigenvalue weighted by Gasteiger charge is -2.05. The lowest BCUT2D eigenvalue weighted by atomic mass is 10.2. The van der Waals surface area contributed by atoms with Crippen LogP contribution >= 0.6 is 22.9 Å². The molecule has 0 unspecified atom stereocenters. The number of thiazole rings is 1.